The molecule has 4 atom stereocenters. The Morgan fingerprint density at radius 2 is 1.52 bits per heavy atom. The van der Waals surface area contributed by atoms with Gasteiger partial charge in [0, 0.05) is 19.4 Å². The number of alkyl carbamates (subject to hydrolysis) is 1. The van der Waals surface area contributed by atoms with Gasteiger partial charge >= 0.3 is 6.09 Å². The molecule has 0 radical (unpaired) electrons. The van der Waals surface area contributed by atoms with E-state index in [-0.39, 0.29) is 19.5 Å². The molecule has 0 spiro atoms. The number of nitrogens with zero attached hydrogens (tertiary/aromatic N) is 1. The molecule has 10 nitrogen and oxygen atoms in total. The molecular formula is C34H42N4O6. The Labute approximate surface area is 258 Å². The molecule has 3 unspecified atom stereocenters. The van der Waals surface area contributed by atoms with Crippen LogP contribution in [0.25, 0.3) is 0 Å². The van der Waals surface area contributed by atoms with Crippen LogP contribution in [0.4, 0.5) is 4.79 Å². The lowest BCUT2D eigenvalue weighted by atomic mass is 9.86. The van der Waals surface area contributed by atoms with Crippen LogP contribution in [-0.2, 0) is 33.7 Å². The Morgan fingerprint density at radius 1 is 0.932 bits per heavy atom. The molecule has 0 saturated carbocycles. The molecule has 1 aliphatic rings. The van der Waals surface area contributed by atoms with E-state index in [0.717, 1.165) is 16.7 Å². The van der Waals surface area contributed by atoms with Gasteiger partial charge in [0.15, 0.2) is 5.60 Å². The van der Waals surface area contributed by atoms with Gasteiger partial charge in [-0.15, -0.1) is 0 Å². The topological polar surface area (TPSA) is 140 Å². The Morgan fingerprint density at radius 3 is 2.14 bits per heavy atom. The summed E-state index contributed by atoms with van der Waals surface area (Å²) in [6.07, 6.45) is -1.29. The average molecular weight is 603 g/mol. The molecule has 0 aromatic heterocycles. The quantitative estimate of drug-likeness (QED) is 0.213. The van der Waals surface area contributed by atoms with Gasteiger partial charge in [-0.25, -0.2) is 9.80 Å². The monoisotopic (exact) mass is 602 g/mol. The first-order valence-electron chi connectivity index (χ1n) is 14.7. The third-order valence-corrected chi connectivity index (χ3v) is 7.77. The van der Waals surface area contributed by atoms with Gasteiger partial charge < -0.3 is 25.6 Å². The first-order chi connectivity index (χ1) is 20.9. The smallest absolute Gasteiger partial charge is 0.407 e. The van der Waals surface area contributed by atoms with Crippen LogP contribution >= 0.6 is 0 Å². The predicted octanol–water partition coefficient (Wildman–Crippen LogP) is 3.04. The first-order valence-corrected chi connectivity index (χ1v) is 14.7. The summed E-state index contributed by atoms with van der Waals surface area (Å²) in [4.78, 5) is 39.8. The largest absolute Gasteiger partial charge is 0.453 e. The molecule has 1 aliphatic carbocycles. The van der Waals surface area contributed by atoms with Crippen molar-refractivity contribution < 1.29 is 29.3 Å². The molecule has 0 bridgehead atoms. The van der Waals surface area contributed by atoms with Crippen molar-refractivity contribution in [3.8, 4) is 0 Å². The van der Waals surface area contributed by atoms with Crippen molar-refractivity contribution in [2.24, 2.45) is 5.41 Å². The van der Waals surface area contributed by atoms with Crippen molar-refractivity contribution in [1.29, 1.82) is 0 Å². The highest BCUT2D eigenvalue weighted by atomic mass is 16.5. The van der Waals surface area contributed by atoms with E-state index in [4.69, 9.17) is 4.74 Å². The maximum Gasteiger partial charge on any atom is 0.407 e. The normalized spacial score (nSPS) is 18.1. The number of hydrogen-bond donors (Lipinski definition) is 5. The molecule has 0 aliphatic heterocycles. The SMILES string of the molecule is COC(=O)NC(C(=O)NN(Cc1ccccc1)C[C@](O)(Cc1ccccc1)C(=O)NC1c2ccccc2CC1O)C(C)(C)C. The summed E-state index contributed by atoms with van der Waals surface area (Å²) >= 11 is 0. The maximum absolute atomic E-state index is 14.0. The zero-order valence-electron chi connectivity index (χ0n) is 25.6. The summed E-state index contributed by atoms with van der Waals surface area (Å²) in [7, 11) is 1.22. The van der Waals surface area contributed by atoms with Crippen LogP contribution in [0.15, 0.2) is 84.9 Å². The lowest BCUT2D eigenvalue weighted by Gasteiger charge is -2.37. The Kier molecular flexibility index (Phi) is 10.4. The van der Waals surface area contributed by atoms with E-state index in [9.17, 15) is 24.6 Å². The van der Waals surface area contributed by atoms with E-state index >= 15 is 0 Å². The van der Waals surface area contributed by atoms with Crippen LogP contribution in [0.3, 0.4) is 0 Å². The van der Waals surface area contributed by atoms with E-state index in [0.29, 0.717) is 12.0 Å². The second kappa shape index (κ2) is 14.0. The number of nitrogens with one attached hydrogen (secondary N) is 3. The lowest BCUT2D eigenvalue weighted by molar-refractivity contribution is -0.147. The number of hydrogen-bond acceptors (Lipinski definition) is 7. The van der Waals surface area contributed by atoms with Crippen molar-refractivity contribution in [1.82, 2.24) is 21.1 Å². The van der Waals surface area contributed by atoms with Crippen molar-refractivity contribution >= 4 is 17.9 Å². The number of carbonyl (C=O) groups is 3. The van der Waals surface area contributed by atoms with Gasteiger partial charge in [0.05, 0.1) is 25.8 Å². The van der Waals surface area contributed by atoms with Gasteiger partial charge in [0.1, 0.15) is 6.04 Å². The van der Waals surface area contributed by atoms with Crippen LogP contribution < -0.4 is 16.1 Å². The molecule has 0 heterocycles. The fourth-order valence-electron chi connectivity index (χ4n) is 5.49. The van der Waals surface area contributed by atoms with E-state index in [1.54, 1.807) is 20.8 Å². The minimum atomic E-state index is -2.03. The van der Waals surface area contributed by atoms with Crippen LogP contribution in [0.5, 0.6) is 0 Å². The molecule has 0 saturated heterocycles. The molecule has 3 amide bonds. The number of aliphatic hydroxyl groups is 2. The second-order valence-electron chi connectivity index (χ2n) is 12.4. The van der Waals surface area contributed by atoms with Crippen molar-refractivity contribution in [3.05, 3.63) is 107 Å². The summed E-state index contributed by atoms with van der Waals surface area (Å²) < 4.78 is 4.75. The minimum absolute atomic E-state index is 0.0611. The average Bonchev–Trinajstić information content (AvgIpc) is 3.30. The molecular weight excluding hydrogens is 560 g/mol. The van der Waals surface area contributed by atoms with E-state index < -0.39 is 47.1 Å². The van der Waals surface area contributed by atoms with Gasteiger partial charge in [-0.1, -0.05) is 106 Å². The number of benzene rings is 3. The predicted molar refractivity (Wildman–Crippen MR) is 166 cm³/mol. The molecule has 5 N–H and O–H groups in total. The fourth-order valence-corrected chi connectivity index (χ4v) is 5.49. The molecule has 3 aromatic carbocycles. The number of ether oxygens (including phenoxy) is 1. The standard InChI is InChI=1S/C34H42N4O6/c1-33(2,3)29(36-32(42)44-4)30(40)37-38(21-24-15-9-6-10-16-24)22-34(43,20-23-13-7-5-8-14-23)31(41)35-28-26-18-12-11-17-25(26)19-27(28)39/h5-18,27-29,39,43H,19-22H2,1-4H3,(H,35,41)(H,36,42)(H,37,40)/t27?,28?,29?,34-/m1/s1. The number of rotatable bonds is 11. The minimum Gasteiger partial charge on any atom is -0.453 e. The van der Waals surface area contributed by atoms with Crippen molar-refractivity contribution in [2.45, 2.75) is 63.9 Å². The Hall–Kier alpha value is -4.25. The third-order valence-electron chi connectivity index (χ3n) is 7.77. The lowest BCUT2D eigenvalue weighted by Crippen LogP contribution is -2.62. The summed E-state index contributed by atoms with van der Waals surface area (Å²) in [6.45, 7) is 5.27. The number of hydrazine groups is 1. The van der Waals surface area contributed by atoms with Gasteiger partial charge in [-0.3, -0.25) is 15.0 Å². The van der Waals surface area contributed by atoms with E-state index in [2.05, 4.69) is 16.1 Å². The maximum atomic E-state index is 14.0. The Balaban J connectivity index is 1.66. The van der Waals surface area contributed by atoms with Gasteiger partial charge in [-0.2, -0.15) is 0 Å². The number of methoxy groups -OCH3 is 1. The number of aliphatic hydroxyl groups excluding tert-OH is 1. The van der Waals surface area contributed by atoms with Gasteiger partial charge in [-0.05, 0) is 27.7 Å². The summed E-state index contributed by atoms with van der Waals surface area (Å²) in [5, 5.41) is 30.0. The molecule has 3 aromatic rings. The van der Waals surface area contributed by atoms with E-state index in [1.165, 1.54) is 12.1 Å². The van der Waals surface area contributed by atoms with Gasteiger partial charge in [0.2, 0.25) is 0 Å². The molecule has 10 heteroatoms. The third kappa shape index (κ3) is 8.22. The van der Waals surface area contributed by atoms with Crippen LogP contribution in [0, 0.1) is 5.41 Å². The summed E-state index contributed by atoms with van der Waals surface area (Å²) in [5.74, 6) is -1.23. The van der Waals surface area contributed by atoms with E-state index in [1.807, 2.05) is 84.9 Å². The molecule has 4 rings (SSSR count). The zero-order chi connectivity index (χ0) is 31.9. The second-order valence-corrected chi connectivity index (χ2v) is 12.4. The number of carbonyl (C=O) groups excluding carboxylic acids is 3. The van der Waals surface area contributed by atoms with Crippen LogP contribution in [0.1, 0.15) is 49.1 Å². The zero-order valence-corrected chi connectivity index (χ0v) is 25.6. The summed E-state index contributed by atoms with van der Waals surface area (Å²) in [6, 6.07) is 24.2. The first kappa shape index (κ1) is 32.7. The highest BCUT2D eigenvalue weighted by Gasteiger charge is 2.43. The molecule has 0 fully saturated rings. The molecule has 234 valence electrons. The van der Waals surface area contributed by atoms with Crippen LogP contribution in [0.2, 0.25) is 0 Å². The van der Waals surface area contributed by atoms with Crippen molar-refractivity contribution in [3.63, 3.8) is 0 Å². The fraction of sp³-hybridized carbons (Fsp3) is 0.382. The van der Waals surface area contributed by atoms with Crippen LogP contribution in [-0.4, -0.2) is 64.5 Å². The summed E-state index contributed by atoms with van der Waals surface area (Å²) in [5.41, 5.74) is 3.39. The highest BCUT2D eigenvalue weighted by molar-refractivity contribution is 5.87. The Bertz CT molecular complexity index is 1430. The van der Waals surface area contributed by atoms with Crippen molar-refractivity contribution in [2.75, 3.05) is 13.7 Å². The van der Waals surface area contributed by atoms with Gasteiger partial charge in [0.25, 0.3) is 11.8 Å². The number of fused-ring (bicyclic) bond motifs is 1. The highest BCUT2D eigenvalue weighted by Crippen LogP contribution is 2.32. The molecule has 44 heavy (non-hydrogen) atoms. The number of amides is 3.